The summed E-state index contributed by atoms with van der Waals surface area (Å²) in [5.74, 6) is 1.35. The lowest BCUT2D eigenvalue weighted by Gasteiger charge is -2.33. The molecule has 1 aromatic rings. The molecule has 104 valence electrons. The molecule has 0 spiro atoms. The smallest absolute Gasteiger partial charge is 0.225 e. The van der Waals surface area contributed by atoms with Crippen LogP contribution in [0.4, 0.5) is 5.95 Å². The first-order valence-electron chi connectivity index (χ1n) is 6.67. The van der Waals surface area contributed by atoms with Crippen molar-refractivity contribution in [2.45, 2.75) is 31.7 Å². The average molecular weight is 283 g/mol. The fourth-order valence-electron chi connectivity index (χ4n) is 2.26. The molecule has 1 aliphatic rings. The summed E-state index contributed by atoms with van der Waals surface area (Å²) in [4.78, 5) is 22.3. The van der Waals surface area contributed by atoms with Gasteiger partial charge in [-0.3, -0.25) is 4.79 Å². The van der Waals surface area contributed by atoms with Crippen LogP contribution in [0.1, 0.15) is 25.7 Å². The van der Waals surface area contributed by atoms with Gasteiger partial charge in [-0.05, 0) is 25.3 Å². The zero-order valence-corrected chi connectivity index (χ0v) is 11.6. The number of aromatic nitrogens is 2. The van der Waals surface area contributed by atoms with Gasteiger partial charge in [-0.15, -0.1) is 11.6 Å². The fraction of sp³-hybridized carbons (Fsp3) is 0.615. The highest BCUT2D eigenvalue weighted by Gasteiger charge is 2.22. The van der Waals surface area contributed by atoms with Gasteiger partial charge < -0.3 is 10.2 Å². The summed E-state index contributed by atoms with van der Waals surface area (Å²) in [5.41, 5.74) is 0. The molecule has 1 amide bonds. The van der Waals surface area contributed by atoms with Crippen molar-refractivity contribution < 1.29 is 4.79 Å². The molecule has 1 aromatic heterocycles. The molecule has 1 aliphatic heterocycles. The summed E-state index contributed by atoms with van der Waals surface area (Å²) in [6.07, 6.45) is 6.76. The van der Waals surface area contributed by atoms with E-state index in [9.17, 15) is 4.79 Å². The van der Waals surface area contributed by atoms with Crippen molar-refractivity contribution in [3.63, 3.8) is 0 Å². The van der Waals surface area contributed by atoms with E-state index in [0.29, 0.717) is 12.3 Å². The first kappa shape index (κ1) is 14.1. The van der Waals surface area contributed by atoms with Crippen LogP contribution in [0.25, 0.3) is 0 Å². The Labute approximate surface area is 118 Å². The van der Waals surface area contributed by atoms with Crippen molar-refractivity contribution >= 4 is 23.5 Å². The van der Waals surface area contributed by atoms with E-state index in [0.717, 1.165) is 38.3 Å². The van der Waals surface area contributed by atoms with E-state index >= 15 is 0 Å². The van der Waals surface area contributed by atoms with Crippen molar-refractivity contribution in [3.8, 4) is 0 Å². The maximum atomic E-state index is 11.7. The molecule has 1 saturated heterocycles. The average Bonchev–Trinajstić information content (AvgIpc) is 2.46. The zero-order chi connectivity index (χ0) is 13.5. The number of carbonyl (C=O) groups is 1. The lowest BCUT2D eigenvalue weighted by Crippen LogP contribution is -2.48. The monoisotopic (exact) mass is 282 g/mol. The van der Waals surface area contributed by atoms with Gasteiger partial charge in [0.15, 0.2) is 0 Å². The number of nitrogens with zero attached hydrogens (tertiary/aromatic N) is 3. The summed E-state index contributed by atoms with van der Waals surface area (Å²) in [6.45, 7) is 1.72. The lowest BCUT2D eigenvalue weighted by atomic mass is 10.1. The Balaban J connectivity index is 1.85. The Morgan fingerprint density at radius 2 is 2.26 bits per heavy atom. The fourth-order valence-corrected chi connectivity index (χ4v) is 2.39. The van der Waals surface area contributed by atoms with Gasteiger partial charge in [-0.25, -0.2) is 9.97 Å². The number of carbonyl (C=O) groups excluding carboxylic acids is 1. The number of amides is 1. The summed E-state index contributed by atoms with van der Waals surface area (Å²) in [6, 6.07) is 1.99. The number of hydrogen-bond acceptors (Lipinski definition) is 4. The first-order chi connectivity index (χ1) is 9.29. The molecule has 1 fully saturated rings. The van der Waals surface area contributed by atoms with Crippen LogP contribution in [0.5, 0.6) is 0 Å². The number of nitrogens with one attached hydrogen (secondary N) is 1. The third-order valence-electron chi connectivity index (χ3n) is 3.16. The van der Waals surface area contributed by atoms with E-state index in [4.69, 9.17) is 11.6 Å². The summed E-state index contributed by atoms with van der Waals surface area (Å²) in [7, 11) is 0. The van der Waals surface area contributed by atoms with Gasteiger partial charge in [0, 0.05) is 43.8 Å². The number of piperidine rings is 1. The molecule has 1 N–H and O–H groups in total. The number of hydrogen-bond donors (Lipinski definition) is 1. The molecule has 5 nitrogen and oxygen atoms in total. The molecule has 0 bridgehead atoms. The lowest BCUT2D eigenvalue weighted by molar-refractivity contribution is -0.121. The van der Waals surface area contributed by atoms with Crippen LogP contribution in [0.2, 0.25) is 0 Å². The minimum absolute atomic E-state index is 0.0847. The molecular weight excluding hydrogens is 264 g/mol. The minimum Gasteiger partial charge on any atom is -0.352 e. The second kappa shape index (κ2) is 7.28. The predicted molar refractivity (Wildman–Crippen MR) is 75.4 cm³/mol. The third kappa shape index (κ3) is 4.35. The molecule has 19 heavy (non-hydrogen) atoms. The second-order valence-electron chi connectivity index (χ2n) is 4.69. The second-order valence-corrected chi connectivity index (χ2v) is 5.07. The van der Waals surface area contributed by atoms with Crippen LogP contribution in [0.3, 0.4) is 0 Å². The molecule has 1 atom stereocenters. The Morgan fingerprint density at radius 1 is 1.47 bits per heavy atom. The highest BCUT2D eigenvalue weighted by Crippen LogP contribution is 2.15. The largest absolute Gasteiger partial charge is 0.352 e. The Bertz CT molecular complexity index is 401. The number of alkyl halides is 1. The molecular formula is C13H19ClN4O. The van der Waals surface area contributed by atoms with Crippen LogP contribution in [-0.4, -0.2) is 40.9 Å². The number of anilines is 1. The van der Waals surface area contributed by atoms with E-state index in [1.165, 1.54) is 0 Å². The topological polar surface area (TPSA) is 58.1 Å². The van der Waals surface area contributed by atoms with Crippen molar-refractivity contribution in [3.05, 3.63) is 18.5 Å². The maximum absolute atomic E-state index is 11.7. The van der Waals surface area contributed by atoms with Gasteiger partial charge in [0.2, 0.25) is 11.9 Å². The number of rotatable bonds is 5. The molecule has 0 aliphatic carbocycles. The van der Waals surface area contributed by atoms with Crippen LogP contribution in [0, 0.1) is 0 Å². The number of halogens is 1. The molecule has 2 heterocycles. The van der Waals surface area contributed by atoms with Crippen LogP contribution in [0.15, 0.2) is 18.5 Å². The van der Waals surface area contributed by atoms with Gasteiger partial charge >= 0.3 is 0 Å². The van der Waals surface area contributed by atoms with Crippen molar-refractivity contribution in [1.29, 1.82) is 0 Å². The predicted octanol–water partition coefficient (Wildman–Crippen LogP) is 1.58. The van der Waals surface area contributed by atoms with Gasteiger partial charge in [0.25, 0.3) is 0 Å². The molecule has 0 aromatic carbocycles. The van der Waals surface area contributed by atoms with Crippen LogP contribution in [-0.2, 0) is 4.79 Å². The Morgan fingerprint density at radius 3 is 3.00 bits per heavy atom. The Hall–Kier alpha value is -1.36. The van der Waals surface area contributed by atoms with E-state index in [2.05, 4.69) is 20.2 Å². The molecule has 0 radical (unpaired) electrons. The molecule has 0 saturated carbocycles. The summed E-state index contributed by atoms with van der Waals surface area (Å²) < 4.78 is 0. The molecule has 2 rings (SSSR count). The molecule has 1 unspecified atom stereocenters. The standard InChI is InChI=1S/C13H19ClN4O/c14-6-1-5-12(19)17-11-4-2-9-18(10-11)13-15-7-3-8-16-13/h3,7-8,11H,1-2,4-6,9-10H2,(H,17,19). The van der Waals surface area contributed by atoms with Gasteiger partial charge in [0.05, 0.1) is 0 Å². The van der Waals surface area contributed by atoms with Crippen molar-refractivity contribution in [1.82, 2.24) is 15.3 Å². The maximum Gasteiger partial charge on any atom is 0.225 e. The minimum atomic E-state index is 0.0847. The van der Waals surface area contributed by atoms with Gasteiger partial charge in [-0.2, -0.15) is 0 Å². The SMILES string of the molecule is O=C(CCCCl)NC1CCCN(c2ncccn2)C1. The zero-order valence-electron chi connectivity index (χ0n) is 10.9. The van der Waals surface area contributed by atoms with Crippen LogP contribution >= 0.6 is 11.6 Å². The van der Waals surface area contributed by atoms with E-state index in [-0.39, 0.29) is 11.9 Å². The molecule has 6 heteroatoms. The van der Waals surface area contributed by atoms with Crippen LogP contribution < -0.4 is 10.2 Å². The normalized spacial score (nSPS) is 19.2. The summed E-state index contributed by atoms with van der Waals surface area (Å²) in [5, 5.41) is 3.06. The third-order valence-corrected chi connectivity index (χ3v) is 3.43. The van der Waals surface area contributed by atoms with Crippen molar-refractivity contribution in [2.75, 3.05) is 23.9 Å². The first-order valence-corrected chi connectivity index (χ1v) is 7.20. The van der Waals surface area contributed by atoms with E-state index in [1.54, 1.807) is 18.5 Å². The van der Waals surface area contributed by atoms with E-state index in [1.807, 2.05) is 0 Å². The van der Waals surface area contributed by atoms with E-state index < -0.39 is 0 Å². The van der Waals surface area contributed by atoms with Crippen molar-refractivity contribution in [2.24, 2.45) is 0 Å². The highest BCUT2D eigenvalue weighted by molar-refractivity contribution is 6.17. The highest BCUT2D eigenvalue weighted by atomic mass is 35.5. The van der Waals surface area contributed by atoms with Gasteiger partial charge in [-0.1, -0.05) is 0 Å². The summed E-state index contributed by atoms with van der Waals surface area (Å²) >= 11 is 5.59. The van der Waals surface area contributed by atoms with Gasteiger partial charge in [0.1, 0.15) is 0 Å². The Kier molecular flexibility index (Phi) is 5.39. The quantitative estimate of drug-likeness (QED) is 0.833.